The summed E-state index contributed by atoms with van der Waals surface area (Å²) in [5.74, 6) is -1.59. The first-order valence-electron chi connectivity index (χ1n) is 5.45. The molecule has 0 unspecified atom stereocenters. The average molecular weight is 267 g/mol. The number of fused-ring (bicyclic) bond motifs is 1. The van der Waals surface area contributed by atoms with E-state index in [1.165, 1.54) is 0 Å². The Morgan fingerprint density at radius 3 is 2.67 bits per heavy atom. The Hall–Kier alpha value is -1.81. The van der Waals surface area contributed by atoms with Gasteiger partial charge in [-0.05, 0) is 25.0 Å². The molecule has 1 aromatic carbocycles. The van der Waals surface area contributed by atoms with Gasteiger partial charge >= 0.3 is 5.97 Å². The van der Waals surface area contributed by atoms with E-state index >= 15 is 0 Å². The maximum Gasteiger partial charge on any atom is 0.372 e. The lowest BCUT2D eigenvalue weighted by molar-refractivity contribution is 0.0661. The first-order valence-corrected chi connectivity index (χ1v) is 5.83. The van der Waals surface area contributed by atoms with Gasteiger partial charge in [-0.15, -0.1) is 0 Å². The van der Waals surface area contributed by atoms with Crippen molar-refractivity contribution in [2.24, 2.45) is 0 Å². The quantitative estimate of drug-likeness (QED) is 0.907. The zero-order chi connectivity index (χ0) is 13.4. The van der Waals surface area contributed by atoms with E-state index < -0.39 is 5.97 Å². The smallest absolute Gasteiger partial charge is 0.372 e. The van der Waals surface area contributed by atoms with Gasteiger partial charge in [0.15, 0.2) is 11.0 Å². The number of aryl methyl sites for hydroxylation is 1. The molecule has 1 heterocycles. The van der Waals surface area contributed by atoms with Crippen molar-refractivity contribution in [2.45, 2.75) is 20.3 Å². The molecule has 1 N–H and O–H groups in total. The zero-order valence-corrected chi connectivity index (χ0v) is 10.7. The number of hydrogen-bond acceptors (Lipinski definition) is 3. The van der Waals surface area contributed by atoms with Crippen LogP contribution in [0, 0.1) is 6.92 Å². The predicted octanol–water partition coefficient (Wildman–Crippen LogP) is 3.02. The summed E-state index contributed by atoms with van der Waals surface area (Å²) in [6.07, 6.45) is 0.297. The summed E-state index contributed by atoms with van der Waals surface area (Å²) in [6.45, 7) is 3.47. The Kier molecular flexibility index (Phi) is 3.13. The molecule has 5 heteroatoms. The monoisotopic (exact) mass is 266 g/mol. The molecule has 0 amide bonds. The number of benzene rings is 1. The Labute approximate surface area is 108 Å². The Morgan fingerprint density at radius 1 is 1.44 bits per heavy atom. The van der Waals surface area contributed by atoms with Crippen molar-refractivity contribution in [3.63, 3.8) is 0 Å². The summed E-state index contributed by atoms with van der Waals surface area (Å²) >= 11 is 5.95. The molecule has 0 saturated carbocycles. The fourth-order valence-corrected chi connectivity index (χ4v) is 2.15. The van der Waals surface area contributed by atoms with Gasteiger partial charge in [-0.25, -0.2) is 4.79 Å². The van der Waals surface area contributed by atoms with Gasteiger partial charge in [-0.2, -0.15) is 0 Å². The number of aromatic carboxylic acids is 1. The molecular formula is C13H11ClO4. The maximum absolute atomic E-state index is 12.3. The van der Waals surface area contributed by atoms with Gasteiger partial charge in [0.1, 0.15) is 0 Å². The zero-order valence-electron chi connectivity index (χ0n) is 9.91. The van der Waals surface area contributed by atoms with Crippen LogP contribution in [0.2, 0.25) is 5.02 Å². The minimum absolute atomic E-state index is 0.135. The molecule has 0 aliphatic rings. The third-order valence-electron chi connectivity index (χ3n) is 2.85. The number of carboxylic acids is 1. The largest absolute Gasteiger partial charge is 0.475 e. The van der Waals surface area contributed by atoms with Crippen molar-refractivity contribution in [2.75, 3.05) is 0 Å². The van der Waals surface area contributed by atoms with Gasteiger partial charge in [0, 0.05) is 0 Å². The van der Waals surface area contributed by atoms with Crippen LogP contribution in [-0.4, -0.2) is 11.1 Å². The first-order chi connectivity index (χ1) is 8.47. The van der Waals surface area contributed by atoms with Gasteiger partial charge < -0.3 is 9.52 Å². The summed E-state index contributed by atoms with van der Waals surface area (Å²) in [5, 5.41) is 9.65. The molecule has 0 fully saturated rings. The topological polar surface area (TPSA) is 67.5 Å². The van der Waals surface area contributed by atoms with Crippen molar-refractivity contribution in [1.82, 2.24) is 0 Å². The molecule has 2 rings (SSSR count). The SMILES string of the molecule is CCc1c(C(=O)O)oc2c(Cl)ccc(C)c2c1=O. The van der Waals surface area contributed by atoms with Crippen LogP contribution in [0.4, 0.5) is 0 Å². The third kappa shape index (κ3) is 1.78. The lowest BCUT2D eigenvalue weighted by atomic mass is 10.0. The molecule has 0 aliphatic heterocycles. The highest BCUT2D eigenvalue weighted by molar-refractivity contribution is 6.34. The van der Waals surface area contributed by atoms with Gasteiger partial charge in [0.2, 0.25) is 5.76 Å². The van der Waals surface area contributed by atoms with Crippen LogP contribution >= 0.6 is 11.6 Å². The lowest BCUT2D eigenvalue weighted by Crippen LogP contribution is -2.16. The van der Waals surface area contributed by atoms with Crippen LogP contribution < -0.4 is 5.43 Å². The summed E-state index contributed by atoms with van der Waals surface area (Å²) < 4.78 is 5.31. The van der Waals surface area contributed by atoms with Crippen molar-refractivity contribution in [3.8, 4) is 0 Å². The minimum Gasteiger partial charge on any atom is -0.475 e. The number of carbonyl (C=O) groups is 1. The fourth-order valence-electron chi connectivity index (χ4n) is 1.95. The van der Waals surface area contributed by atoms with E-state index in [9.17, 15) is 9.59 Å². The molecule has 2 aromatic rings. The van der Waals surface area contributed by atoms with Crippen LogP contribution in [-0.2, 0) is 6.42 Å². The molecule has 0 aliphatic carbocycles. The summed E-state index contributed by atoms with van der Waals surface area (Å²) in [4.78, 5) is 23.4. The van der Waals surface area contributed by atoms with Crippen molar-refractivity contribution in [3.05, 3.63) is 44.3 Å². The number of rotatable bonds is 2. The van der Waals surface area contributed by atoms with Crippen LogP contribution in [0.25, 0.3) is 11.0 Å². The standard InChI is InChI=1S/C13H11ClO4/c1-3-7-10(15)9-6(2)4-5-8(14)12(9)18-11(7)13(16)17/h4-5H,3H2,1-2H3,(H,16,17). The molecule has 0 atom stereocenters. The van der Waals surface area contributed by atoms with Gasteiger partial charge in [-0.1, -0.05) is 24.6 Å². The van der Waals surface area contributed by atoms with Gasteiger partial charge in [-0.3, -0.25) is 4.79 Å². The minimum atomic E-state index is -1.26. The van der Waals surface area contributed by atoms with E-state index in [2.05, 4.69) is 0 Å². The Balaban J connectivity index is 3.05. The van der Waals surface area contributed by atoms with E-state index in [1.807, 2.05) is 0 Å². The third-order valence-corrected chi connectivity index (χ3v) is 3.14. The predicted molar refractivity (Wildman–Crippen MR) is 68.6 cm³/mol. The van der Waals surface area contributed by atoms with Crippen molar-refractivity contribution < 1.29 is 14.3 Å². The van der Waals surface area contributed by atoms with Crippen LogP contribution in [0.3, 0.4) is 0 Å². The highest BCUT2D eigenvalue weighted by atomic mass is 35.5. The second-order valence-corrected chi connectivity index (χ2v) is 4.37. The first kappa shape index (κ1) is 12.6. The maximum atomic E-state index is 12.3. The second-order valence-electron chi connectivity index (χ2n) is 3.97. The second kappa shape index (κ2) is 4.46. The fraction of sp³-hybridized carbons (Fsp3) is 0.231. The Morgan fingerprint density at radius 2 is 2.11 bits per heavy atom. The van der Waals surface area contributed by atoms with Crippen molar-refractivity contribution in [1.29, 1.82) is 0 Å². The molecule has 18 heavy (non-hydrogen) atoms. The summed E-state index contributed by atoms with van der Waals surface area (Å²) in [7, 11) is 0. The molecule has 0 radical (unpaired) electrons. The normalized spacial score (nSPS) is 10.8. The van der Waals surface area contributed by atoms with Gasteiger partial charge in [0.25, 0.3) is 0 Å². The molecule has 4 nitrogen and oxygen atoms in total. The molecule has 94 valence electrons. The van der Waals surface area contributed by atoms with Crippen LogP contribution in [0.1, 0.15) is 28.6 Å². The number of carboxylic acid groups (broad SMARTS) is 1. The van der Waals surface area contributed by atoms with Crippen molar-refractivity contribution >= 4 is 28.5 Å². The average Bonchev–Trinajstić information content (AvgIpc) is 2.33. The number of halogens is 1. The Bertz CT molecular complexity index is 700. The molecule has 0 bridgehead atoms. The van der Waals surface area contributed by atoms with Crippen LogP contribution in [0.5, 0.6) is 0 Å². The summed E-state index contributed by atoms with van der Waals surface area (Å²) in [6, 6.07) is 3.29. The van der Waals surface area contributed by atoms with Gasteiger partial charge in [0.05, 0.1) is 16.0 Å². The molecule has 0 saturated heterocycles. The molecule has 1 aromatic heterocycles. The highest BCUT2D eigenvalue weighted by Gasteiger charge is 2.20. The van der Waals surface area contributed by atoms with E-state index in [0.717, 1.165) is 5.56 Å². The highest BCUT2D eigenvalue weighted by Crippen LogP contribution is 2.26. The van der Waals surface area contributed by atoms with E-state index in [4.69, 9.17) is 21.1 Å². The van der Waals surface area contributed by atoms with E-state index in [0.29, 0.717) is 11.8 Å². The lowest BCUT2D eigenvalue weighted by Gasteiger charge is -2.07. The summed E-state index contributed by atoms with van der Waals surface area (Å²) in [5.41, 5.74) is 0.697. The molecular weight excluding hydrogens is 256 g/mol. The van der Waals surface area contributed by atoms with E-state index in [1.54, 1.807) is 26.0 Å². The molecule has 0 spiro atoms. The van der Waals surface area contributed by atoms with Crippen LogP contribution in [0.15, 0.2) is 21.3 Å². The van der Waals surface area contributed by atoms with E-state index in [-0.39, 0.29) is 27.4 Å². The number of hydrogen-bond donors (Lipinski definition) is 1.